The minimum Gasteiger partial charge on any atom is -0.381 e. The first-order valence-electron chi connectivity index (χ1n) is 5.32. The van der Waals surface area contributed by atoms with Gasteiger partial charge in [-0.25, -0.2) is 4.39 Å². The predicted molar refractivity (Wildman–Crippen MR) is 66.8 cm³/mol. The molecule has 0 aromatic heterocycles. The Labute approximate surface area is 108 Å². The first kappa shape index (κ1) is 12.3. The lowest BCUT2D eigenvalue weighted by Gasteiger charge is -2.27. The first-order chi connectivity index (χ1) is 7.66. The second-order valence-corrected chi connectivity index (χ2v) is 5.66. The summed E-state index contributed by atoms with van der Waals surface area (Å²) in [6, 6.07) is 4.57. The van der Waals surface area contributed by atoms with E-state index in [0.29, 0.717) is 15.8 Å². The van der Waals surface area contributed by atoms with Gasteiger partial charge in [0.15, 0.2) is 0 Å². The third-order valence-electron chi connectivity index (χ3n) is 2.88. The standard InChI is InChI=1S/C12H13BrClFO/c13-11-3-4-16-7-9(11)5-8-1-2-10(15)6-12(8)14/h1-2,6,9,11H,3-5,7H2. The Kier molecular flexibility index (Phi) is 4.22. The highest BCUT2D eigenvalue weighted by Gasteiger charge is 2.24. The van der Waals surface area contributed by atoms with E-state index < -0.39 is 0 Å². The number of rotatable bonds is 2. The maximum atomic E-state index is 12.9. The van der Waals surface area contributed by atoms with Gasteiger partial charge < -0.3 is 4.74 Å². The van der Waals surface area contributed by atoms with E-state index in [2.05, 4.69) is 15.9 Å². The fraction of sp³-hybridized carbons (Fsp3) is 0.500. The van der Waals surface area contributed by atoms with Crippen molar-refractivity contribution in [3.8, 4) is 0 Å². The smallest absolute Gasteiger partial charge is 0.124 e. The largest absolute Gasteiger partial charge is 0.381 e. The van der Waals surface area contributed by atoms with Crippen molar-refractivity contribution in [2.24, 2.45) is 5.92 Å². The van der Waals surface area contributed by atoms with E-state index in [1.165, 1.54) is 12.1 Å². The van der Waals surface area contributed by atoms with E-state index in [9.17, 15) is 4.39 Å². The van der Waals surface area contributed by atoms with Crippen molar-refractivity contribution in [1.82, 2.24) is 0 Å². The van der Waals surface area contributed by atoms with E-state index in [-0.39, 0.29) is 5.82 Å². The second-order valence-electron chi connectivity index (χ2n) is 4.08. The molecule has 88 valence electrons. The Hall–Kier alpha value is -0.120. The summed E-state index contributed by atoms with van der Waals surface area (Å²) >= 11 is 9.65. The van der Waals surface area contributed by atoms with E-state index in [1.54, 1.807) is 6.07 Å². The highest BCUT2D eigenvalue weighted by molar-refractivity contribution is 9.09. The summed E-state index contributed by atoms with van der Waals surface area (Å²) in [5.74, 6) is 0.126. The molecule has 2 unspecified atom stereocenters. The van der Waals surface area contributed by atoms with Crippen molar-refractivity contribution in [3.05, 3.63) is 34.6 Å². The average Bonchev–Trinajstić information content (AvgIpc) is 2.25. The lowest BCUT2D eigenvalue weighted by molar-refractivity contribution is 0.0605. The fourth-order valence-corrected chi connectivity index (χ4v) is 2.70. The van der Waals surface area contributed by atoms with Crippen LogP contribution in [0, 0.1) is 11.7 Å². The molecule has 0 bridgehead atoms. The topological polar surface area (TPSA) is 9.23 Å². The molecule has 0 radical (unpaired) electrons. The number of ether oxygens (including phenoxy) is 1. The lowest BCUT2D eigenvalue weighted by Crippen LogP contribution is -2.29. The fourth-order valence-electron chi connectivity index (χ4n) is 1.93. The van der Waals surface area contributed by atoms with Crippen LogP contribution in [0.15, 0.2) is 18.2 Å². The van der Waals surface area contributed by atoms with Crippen LogP contribution in [0.4, 0.5) is 4.39 Å². The van der Waals surface area contributed by atoms with Crippen LogP contribution in [0.25, 0.3) is 0 Å². The molecule has 1 aromatic carbocycles. The Bertz CT molecular complexity index is 372. The first-order valence-corrected chi connectivity index (χ1v) is 6.62. The second kappa shape index (κ2) is 5.48. The van der Waals surface area contributed by atoms with Gasteiger partial charge in [0, 0.05) is 16.5 Å². The highest BCUT2D eigenvalue weighted by Crippen LogP contribution is 2.28. The van der Waals surface area contributed by atoms with Gasteiger partial charge in [0.2, 0.25) is 0 Å². The maximum absolute atomic E-state index is 12.9. The maximum Gasteiger partial charge on any atom is 0.124 e. The molecule has 2 atom stereocenters. The van der Waals surface area contributed by atoms with E-state index in [0.717, 1.165) is 31.6 Å². The summed E-state index contributed by atoms with van der Waals surface area (Å²) in [5, 5.41) is 0.505. The van der Waals surface area contributed by atoms with Crippen LogP contribution in [0.5, 0.6) is 0 Å². The summed E-state index contributed by atoms with van der Waals surface area (Å²) in [7, 11) is 0. The Morgan fingerprint density at radius 2 is 2.31 bits per heavy atom. The average molecular weight is 308 g/mol. The molecule has 1 saturated heterocycles. The molecule has 0 saturated carbocycles. The number of halogens is 3. The summed E-state index contributed by atoms with van der Waals surface area (Å²) in [5.41, 5.74) is 0.989. The molecule has 1 heterocycles. The zero-order valence-corrected chi connectivity index (χ0v) is 11.1. The number of benzene rings is 1. The van der Waals surface area contributed by atoms with Gasteiger partial charge in [-0.1, -0.05) is 33.6 Å². The molecular weight excluding hydrogens is 294 g/mol. The Morgan fingerprint density at radius 1 is 1.50 bits per heavy atom. The van der Waals surface area contributed by atoms with Crippen molar-refractivity contribution < 1.29 is 9.13 Å². The van der Waals surface area contributed by atoms with E-state index >= 15 is 0 Å². The molecule has 0 amide bonds. The molecule has 1 nitrogen and oxygen atoms in total. The summed E-state index contributed by atoms with van der Waals surface area (Å²) in [6.45, 7) is 1.55. The molecule has 1 aromatic rings. The van der Waals surface area contributed by atoms with Crippen LogP contribution in [0.3, 0.4) is 0 Å². The molecule has 1 fully saturated rings. The van der Waals surface area contributed by atoms with E-state index in [4.69, 9.17) is 16.3 Å². The van der Waals surface area contributed by atoms with Crippen molar-refractivity contribution in [1.29, 1.82) is 0 Å². The lowest BCUT2D eigenvalue weighted by atomic mass is 9.94. The van der Waals surface area contributed by atoms with Crippen LogP contribution in [0.2, 0.25) is 5.02 Å². The molecular formula is C12H13BrClFO. The third kappa shape index (κ3) is 2.96. The van der Waals surface area contributed by atoms with Crippen molar-refractivity contribution in [2.75, 3.05) is 13.2 Å². The van der Waals surface area contributed by atoms with Gasteiger partial charge >= 0.3 is 0 Å². The van der Waals surface area contributed by atoms with Crippen LogP contribution in [-0.2, 0) is 11.2 Å². The monoisotopic (exact) mass is 306 g/mol. The molecule has 0 N–H and O–H groups in total. The third-order valence-corrected chi connectivity index (χ3v) is 4.44. The molecule has 16 heavy (non-hydrogen) atoms. The van der Waals surface area contributed by atoms with E-state index in [1.807, 2.05) is 0 Å². The van der Waals surface area contributed by atoms with Gasteiger partial charge in [0.1, 0.15) is 5.82 Å². The summed E-state index contributed by atoms with van der Waals surface area (Å²) in [4.78, 5) is 0.461. The molecule has 0 spiro atoms. The van der Waals surface area contributed by atoms with Gasteiger partial charge in [-0.2, -0.15) is 0 Å². The van der Waals surface area contributed by atoms with Crippen LogP contribution < -0.4 is 0 Å². The zero-order chi connectivity index (χ0) is 11.5. The minimum absolute atomic E-state index is 0.288. The number of hydrogen-bond donors (Lipinski definition) is 0. The molecule has 4 heteroatoms. The summed E-state index contributed by atoms with van der Waals surface area (Å²) < 4.78 is 18.3. The zero-order valence-electron chi connectivity index (χ0n) is 8.76. The van der Waals surface area contributed by atoms with Gasteiger partial charge in [-0.3, -0.25) is 0 Å². The van der Waals surface area contributed by atoms with Gasteiger partial charge in [-0.15, -0.1) is 0 Å². The van der Waals surface area contributed by atoms with Crippen LogP contribution >= 0.6 is 27.5 Å². The predicted octanol–water partition coefficient (Wildman–Crippen LogP) is 3.82. The van der Waals surface area contributed by atoms with Crippen molar-refractivity contribution in [3.63, 3.8) is 0 Å². The molecule has 0 aliphatic carbocycles. The van der Waals surface area contributed by atoms with Gasteiger partial charge in [0.25, 0.3) is 0 Å². The number of hydrogen-bond acceptors (Lipinski definition) is 1. The van der Waals surface area contributed by atoms with Gasteiger partial charge in [0.05, 0.1) is 6.61 Å². The molecule has 1 aliphatic heterocycles. The normalized spacial score (nSPS) is 25.7. The summed E-state index contributed by atoms with van der Waals surface area (Å²) in [6.07, 6.45) is 1.85. The van der Waals surface area contributed by atoms with Crippen molar-refractivity contribution in [2.45, 2.75) is 17.7 Å². The number of alkyl halides is 1. The van der Waals surface area contributed by atoms with Gasteiger partial charge in [-0.05, 0) is 36.5 Å². The Balaban J connectivity index is 2.07. The minimum atomic E-state index is -0.288. The highest BCUT2D eigenvalue weighted by atomic mass is 79.9. The van der Waals surface area contributed by atoms with Crippen LogP contribution in [-0.4, -0.2) is 18.0 Å². The SMILES string of the molecule is Fc1ccc(CC2COCCC2Br)c(Cl)c1. The van der Waals surface area contributed by atoms with Crippen molar-refractivity contribution >= 4 is 27.5 Å². The molecule has 2 rings (SSSR count). The Morgan fingerprint density at radius 3 is 3.00 bits per heavy atom. The molecule has 1 aliphatic rings. The quantitative estimate of drug-likeness (QED) is 0.755. The van der Waals surface area contributed by atoms with Crippen LogP contribution in [0.1, 0.15) is 12.0 Å².